The summed E-state index contributed by atoms with van der Waals surface area (Å²) in [5.74, 6) is 2.90. The van der Waals surface area contributed by atoms with Crippen LogP contribution in [0.25, 0.3) is 0 Å². The third kappa shape index (κ3) is 4.21. The molecule has 0 aliphatic carbocycles. The van der Waals surface area contributed by atoms with Gasteiger partial charge in [0.15, 0.2) is 0 Å². The number of hydrogen-bond donors (Lipinski definition) is 0. The standard InChI is InChI=1S/C7H13O3P/c1-7(2)5-6-11(8,9-3)10-4/h7H,1-4H3. The molecule has 0 bridgehead atoms. The van der Waals surface area contributed by atoms with E-state index >= 15 is 0 Å². The van der Waals surface area contributed by atoms with Crippen LogP contribution in [0.5, 0.6) is 0 Å². The highest BCUT2D eigenvalue weighted by Crippen LogP contribution is 2.44. The Morgan fingerprint density at radius 3 is 2.00 bits per heavy atom. The molecule has 3 nitrogen and oxygen atoms in total. The van der Waals surface area contributed by atoms with E-state index < -0.39 is 7.60 Å². The second-order valence-electron chi connectivity index (χ2n) is 2.27. The summed E-state index contributed by atoms with van der Waals surface area (Å²) in [4.78, 5) is 0. The molecule has 4 heteroatoms. The van der Waals surface area contributed by atoms with Gasteiger partial charge in [0, 0.05) is 25.8 Å². The molecule has 0 aliphatic heterocycles. The summed E-state index contributed by atoms with van der Waals surface area (Å²) in [6.07, 6.45) is 0. The Kier molecular flexibility index (Phi) is 4.44. The maximum absolute atomic E-state index is 11.2. The van der Waals surface area contributed by atoms with Crippen molar-refractivity contribution in [2.24, 2.45) is 5.92 Å². The zero-order valence-corrected chi connectivity index (χ0v) is 8.14. The fourth-order valence-electron chi connectivity index (χ4n) is 0.374. The molecule has 0 aromatic rings. The maximum Gasteiger partial charge on any atom is 0.405 e. The minimum absolute atomic E-state index is 0.175. The van der Waals surface area contributed by atoms with Gasteiger partial charge < -0.3 is 9.05 Å². The Bertz CT molecular complexity index is 203. The van der Waals surface area contributed by atoms with Crippen LogP contribution in [0.4, 0.5) is 0 Å². The minimum atomic E-state index is -3.10. The van der Waals surface area contributed by atoms with Crippen LogP contribution in [0, 0.1) is 17.5 Å². The molecule has 0 saturated carbocycles. The molecule has 0 atom stereocenters. The fraction of sp³-hybridized carbons (Fsp3) is 0.714. The fourth-order valence-corrected chi connectivity index (χ4v) is 1.12. The third-order valence-corrected chi connectivity index (χ3v) is 2.34. The highest BCUT2D eigenvalue weighted by atomic mass is 31.2. The van der Waals surface area contributed by atoms with Crippen molar-refractivity contribution in [2.45, 2.75) is 13.8 Å². The van der Waals surface area contributed by atoms with Gasteiger partial charge in [0.1, 0.15) is 0 Å². The van der Waals surface area contributed by atoms with E-state index in [9.17, 15) is 4.57 Å². The molecule has 0 aromatic carbocycles. The summed E-state index contributed by atoms with van der Waals surface area (Å²) >= 11 is 0. The zero-order valence-electron chi connectivity index (χ0n) is 7.25. The Morgan fingerprint density at radius 1 is 1.27 bits per heavy atom. The molecule has 0 radical (unpaired) electrons. The van der Waals surface area contributed by atoms with E-state index in [1.807, 2.05) is 13.8 Å². The van der Waals surface area contributed by atoms with Crippen LogP contribution in [-0.4, -0.2) is 14.2 Å². The first-order valence-corrected chi connectivity index (χ1v) is 4.82. The predicted octanol–water partition coefficient (Wildman–Crippen LogP) is 2.09. The van der Waals surface area contributed by atoms with Gasteiger partial charge in [0.05, 0.1) is 0 Å². The zero-order chi connectivity index (χ0) is 8.91. The molecular formula is C7H13O3P. The number of hydrogen-bond acceptors (Lipinski definition) is 3. The van der Waals surface area contributed by atoms with Crippen LogP contribution in [0.1, 0.15) is 13.8 Å². The highest BCUT2D eigenvalue weighted by molar-refractivity contribution is 7.59. The lowest BCUT2D eigenvalue weighted by molar-refractivity contribution is 0.288. The van der Waals surface area contributed by atoms with E-state index in [4.69, 9.17) is 0 Å². The largest absolute Gasteiger partial charge is 0.405 e. The molecule has 0 amide bonds. The van der Waals surface area contributed by atoms with E-state index in [1.165, 1.54) is 14.2 Å². The smallest absolute Gasteiger partial charge is 0.303 e. The van der Waals surface area contributed by atoms with E-state index in [1.54, 1.807) is 0 Å². The number of rotatable bonds is 2. The lowest BCUT2D eigenvalue weighted by Crippen LogP contribution is -1.85. The average Bonchev–Trinajstić information content (AvgIpc) is 2.00. The minimum Gasteiger partial charge on any atom is -0.303 e. The molecular weight excluding hydrogens is 163 g/mol. The lowest BCUT2D eigenvalue weighted by atomic mass is 10.2. The normalized spacial score (nSPS) is 11.0. The second kappa shape index (κ2) is 4.56. The van der Waals surface area contributed by atoms with Gasteiger partial charge >= 0.3 is 7.60 Å². The molecule has 0 fully saturated rings. The molecule has 0 aliphatic rings. The summed E-state index contributed by atoms with van der Waals surface area (Å²) in [6, 6.07) is 0. The van der Waals surface area contributed by atoms with E-state index in [-0.39, 0.29) is 5.92 Å². The maximum atomic E-state index is 11.2. The van der Waals surface area contributed by atoms with Gasteiger partial charge in [-0.25, -0.2) is 4.57 Å². The van der Waals surface area contributed by atoms with Crippen molar-refractivity contribution in [1.29, 1.82) is 0 Å². The molecule has 0 N–H and O–H groups in total. The van der Waals surface area contributed by atoms with Crippen molar-refractivity contribution >= 4 is 7.60 Å². The van der Waals surface area contributed by atoms with Gasteiger partial charge in [-0.2, -0.15) is 0 Å². The van der Waals surface area contributed by atoms with Crippen molar-refractivity contribution in [3.63, 3.8) is 0 Å². The van der Waals surface area contributed by atoms with Crippen molar-refractivity contribution in [1.82, 2.24) is 0 Å². The van der Waals surface area contributed by atoms with Gasteiger partial charge in [-0.15, -0.1) is 0 Å². The molecule has 0 heterocycles. The molecule has 0 spiro atoms. The first-order chi connectivity index (χ1) is 5.04. The Labute approximate surface area is 67.6 Å². The Hall–Kier alpha value is -0.290. The molecule has 64 valence electrons. The van der Waals surface area contributed by atoms with Gasteiger partial charge in [0.25, 0.3) is 0 Å². The summed E-state index contributed by atoms with van der Waals surface area (Å²) in [6.45, 7) is 3.81. The topological polar surface area (TPSA) is 35.5 Å². The summed E-state index contributed by atoms with van der Waals surface area (Å²) in [5.41, 5.74) is 2.46. The van der Waals surface area contributed by atoms with Crippen LogP contribution < -0.4 is 0 Å². The van der Waals surface area contributed by atoms with Crippen molar-refractivity contribution in [3.05, 3.63) is 0 Å². The molecule has 0 aromatic heterocycles. The van der Waals surface area contributed by atoms with Crippen LogP contribution in [0.3, 0.4) is 0 Å². The Morgan fingerprint density at radius 2 is 1.73 bits per heavy atom. The molecule has 0 unspecified atom stereocenters. The van der Waals surface area contributed by atoms with Crippen LogP contribution in [0.2, 0.25) is 0 Å². The summed E-state index contributed by atoms with van der Waals surface area (Å²) in [5, 5.41) is 0. The van der Waals surface area contributed by atoms with E-state index in [2.05, 4.69) is 20.6 Å². The quantitative estimate of drug-likeness (QED) is 0.477. The van der Waals surface area contributed by atoms with E-state index in [0.29, 0.717) is 0 Å². The predicted molar refractivity (Wildman–Crippen MR) is 44.2 cm³/mol. The van der Waals surface area contributed by atoms with Crippen molar-refractivity contribution in [3.8, 4) is 11.6 Å². The van der Waals surface area contributed by atoms with Gasteiger partial charge in [0.2, 0.25) is 0 Å². The van der Waals surface area contributed by atoms with E-state index in [0.717, 1.165) is 0 Å². The highest BCUT2D eigenvalue weighted by Gasteiger charge is 2.15. The van der Waals surface area contributed by atoms with Crippen LogP contribution >= 0.6 is 7.60 Å². The summed E-state index contributed by atoms with van der Waals surface area (Å²) < 4.78 is 20.4. The first-order valence-electron chi connectivity index (χ1n) is 3.28. The average molecular weight is 176 g/mol. The molecule has 0 rings (SSSR count). The lowest BCUT2D eigenvalue weighted by Gasteiger charge is -2.04. The first kappa shape index (κ1) is 10.7. The summed E-state index contributed by atoms with van der Waals surface area (Å²) in [7, 11) is -0.459. The van der Waals surface area contributed by atoms with Crippen LogP contribution in [-0.2, 0) is 13.6 Å². The van der Waals surface area contributed by atoms with Gasteiger partial charge in [-0.1, -0.05) is 19.8 Å². The van der Waals surface area contributed by atoms with Crippen molar-refractivity contribution < 1.29 is 13.6 Å². The van der Waals surface area contributed by atoms with Gasteiger partial charge in [-0.3, -0.25) is 0 Å². The third-order valence-electron chi connectivity index (χ3n) is 0.971. The van der Waals surface area contributed by atoms with Crippen LogP contribution in [0.15, 0.2) is 0 Å². The van der Waals surface area contributed by atoms with Crippen molar-refractivity contribution in [2.75, 3.05) is 14.2 Å². The monoisotopic (exact) mass is 176 g/mol. The SMILES string of the molecule is COP(=O)(C#CC(C)C)OC. The second-order valence-corrected chi connectivity index (χ2v) is 4.22. The molecule has 0 saturated heterocycles. The Balaban J connectivity index is 4.35. The molecule has 11 heavy (non-hydrogen) atoms. The van der Waals surface area contributed by atoms with Gasteiger partial charge in [-0.05, 0) is 0 Å².